The molecule has 48 heavy (non-hydrogen) atoms. The first-order valence-electron chi connectivity index (χ1n) is 18.1. The topological polar surface area (TPSA) is 26.3 Å². The number of unbranched alkanes of at least 4 members (excludes halogenated alkanes) is 6. The Kier molecular flexibility index (Phi) is 8.49. The van der Waals surface area contributed by atoms with Crippen LogP contribution in [-0.2, 0) is 12.8 Å². The minimum atomic E-state index is 0.890. The molecule has 240 valence electrons. The van der Waals surface area contributed by atoms with Crippen molar-refractivity contribution in [3.05, 3.63) is 120 Å². The minimum absolute atomic E-state index is 0.890. The molecule has 0 N–H and O–H groups in total. The summed E-state index contributed by atoms with van der Waals surface area (Å²) < 4.78 is 13.1. The van der Waals surface area contributed by atoms with E-state index in [1.165, 1.54) is 95.5 Å². The standard InChI is InChI=1S/C46H44O2/c1-3-5-7-9-13-31-17-21-33(22-18-31)37-27-40-42-30-45-41(39-25-35-15-11-12-16-36(35)26-43(39)47-45)29-46(42)48-44(40)28-38(37)34-23-19-32(20-24-34)14-10-8-6-4-2/h11-12,15-30H,3-10,13-14H2,1-2H3. The van der Waals surface area contributed by atoms with Crippen molar-refractivity contribution in [2.24, 2.45) is 0 Å². The van der Waals surface area contributed by atoms with E-state index in [2.05, 4.69) is 123 Å². The van der Waals surface area contributed by atoms with E-state index in [1.807, 2.05) is 0 Å². The molecule has 2 nitrogen and oxygen atoms in total. The van der Waals surface area contributed by atoms with E-state index in [-0.39, 0.29) is 0 Å². The third-order valence-corrected chi connectivity index (χ3v) is 10.2. The summed E-state index contributed by atoms with van der Waals surface area (Å²) in [6.07, 6.45) is 12.6. The van der Waals surface area contributed by atoms with Crippen LogP contribution in [0.25, 0.3) is 76.9 Å². The molecule has 0 spiro atoms. The third kappa shape index (κ3) is 5.90. The molecular weight excluding hydrogens is 585 g/mol. The molecule has 0 aliphatic rings. The molecule has 0 aliphatic carbocycles. The highest BCUT2D eigenvalue weighted by atomic mass is 16.3. The molecule has 0 aliphatic heterocycles. The van der Waals surface area contributed by atoms with Gasteiger partial charge in [0, 0.05) is 21.5 Å². The number of hydrogen-bond acceptors (Lipinski definition) is 2. The fourth-order valence-electron chi connectivity index (χ4n) is 7.47. The zero-order valence-corrected chi connectivity index (χ0v) is 28.3. The Labute approximate surface area is 283 Å². The predicted molar refractivity (Wildman–Crippen MR) is 205 cm³/mol. The van der Waals surface area contributed by atoms with Gasteiger partial charge in [-0.25, -0.2) is 0 Å². The second-order valence-electron chi connectivity index (χ2n) is 13.7. The first-order valence-corrected chi connectivity index (χ1v) is 18.1. The first-order chi connectivity index (χ1) is 23.7. The van der Waals surface area contributed by atoms with E-state index in [0.717, 1.165) is 56.7 Å². The fraction of sp³-hybridized carbons (Fsp3) is 0.261. The van der Waals surface area contributed by atoms with Crippen molar-refractivity contribution in [1.29, 1.82) is 0 Å². The lowest BCUT2D eigenvalue weighted by Gasteiger charge is -2.13. The molecule has 0 fully saturated rings. The highest BCUT2D eigenvalue weighted by Gasteiger charge is 2.18. The Bertz CT molecular complexity index is 2350. The summed E-state index contributed by atoms with van der Waals surface area (Å²) in [5.41, 5.74) is 11.3. The lowest BCUT2D eigenvalue weighted by atomic mass is 9.91. The maximum atomic E-state index is 6.66. The maximum absolute atomic E-state index is 6.66. The van der Waals surface area contributed by atoms with Crippen LogP contribution >= 0.6 is 0 Å². The zero-order chi connectivity index (χ0) is 32.5. The molecule has 8 aromatic rings. The van der Waals surface area contributed by atoms with E-state index in [1.54, 1.807) is 0 Å². The number of benzene rings is 6. The Hall–Kier alpha value is -4.82. The monoisotopic (exact) mass is 628 g/mol. The largest absolute Gasteiger partial charge is 0.456 e. The van der Waals surface area contributed by atoms with Gasteiger partial charge in [-0.05, 0) is 106 Å². The Morgan fingerprint density at radius 2 is 0.833 bits per heavy atom. The summed E-state index contributed by atoms with van der Waals surface area (Å²) in [5, 5.41) is 6.82. The van der Waals surface area contributed by atoms with Crippen LogP contribution in [0, 0.1) is 0 Å². The van der Waals surface area contributed by atoms with E-state index >= 15 is 0 Å². The van der Waals surface area contributed by atoms with E-state index in [9.17, 15) is 0 Å². The summed E-state index contributed by atoms with van der Waals surface area (Å²) in [7, 11) is 0. The SMILES string of the molecule is CCCCCCc1ccc(-c2cc3oc4cc5c(cc4c3cc2-c2ccc(CCCCCC)cc2)oc2cc3ccccc3cc25)cc1. The van der Waals surface area contributed by atoms with E-state index < -0.39 is 0 Å². The van der Waals surface area contributed by atoms with Crippen molar-refractivity contribution in [1.82, 2.24) is 0 Å². The molecule has 2 heterocycles. The van der Waals surface area contributed by atoms with Gasteiger partial charge in [-0.3, -0.25) is 0 Å². The second kappa shape index (κ2) is 13.4. The smallest absolute Gasteiger partial charge is 0.136 e. The van der Waals surface area contributed by atoms with Crippen LogP contribution in [0.1, 0.15) is 76.3 Å². The Morgan fingerprint density at radius 1 is 0.396 bits per heavy atom. The van der Waals surface area contributed by atoms with Crippen LogP contribution in [0.2, 0.25) is 0 Å². The van der Waals surface area contributed by atoms with Crippen LogP contribution in [-0.4, -0.2) is 0 Å². The Morgan fingerprint density at radius 3 is 1.38 bits per heavy atom. The average molecular weight is 629 g/mol. The first kappa shape index (κ1) is 30.5. The van der Waals surface area contributed by atoms with Gasteiger partial charge < -0.3 is 8.83 Å². The number of fused-ring (bicyclic) bond motifs is 7. The van der Waals surface area contributed by atoms with Crippen molar-refractivity contribution in [2.75, 3.05) is 0 Å². The molecule has 8 rings (SSSR count). The van der Waals surface area contributed by atoms with Gasteiger partial charge in [-0.15, -0.1) is 0 Å². The fourth-order valence-corrected chi connectivity index (χ4v) is 7.47. The lowest BCUT2D eigenvalue weighted by Crippen LogP contribution is -1.90. The highest BCUT2D eigenvalue weighted by molar-refractivity contribution is 6.17. The minimum Gasteiger partial charge on any atom is -0.456 e. The molecule has 0 amide bonds. The molecule has 2 aromatic heterocycles. The van der Waals surface area contributed by atoms with Crippen LogP contribution < -0.4 is 0 Å². The molecule has 0 unspecified atom stereocenters. The van der Waals surface area contributed by atoms with Crippen molar-refractivity contribution >= 4 is 54.6 Å². The van der Waals surface area contributed by atoms with Gasteiger partial charge in [-0.2, -0.15) is 0 Å². The lowest BCUT2D eigenvalue weighted by molar-refractivity contribution is 0.664. The van der Waals surface area contributed by atoms with Gasteiger partial charge in [0.15, 0.2) is 0 Å². The van der Waals surface area contributed by atoms with E-state index in [0.29, 0.717) is 0 Å². The van der Waals surface area contributed by atoms with Gasteiger partial charge in [0.2, 0.25) is 0 Å². The zero-order valence-electron chi connectivity index (χ0n) is 28.3. The molecule has 2 heteroatoms. The molecule has 0 atom stereocenters. The maximum Gasteiger partial charge on any atom is 0.136 e. The van der Waals surface area contributed by atoms with Gasteiger partial charge in [0.1, 0.15) is 22.3 Å². The summed E-state index contributed by atoms with van der Waals surface area (Å²) in [6.45, 7) is 4.54. The predicted octanol–water partition coefficient (Wildman–Crippen LogP) is 14.2. The molecule has 0 bridgehead atoms. The summed E-state index contributed by atoms with van der Waals surface area (Å²) in [6, 6.07) is 40.3. The quantitative estimate of drug-likeness (QED) is 0.126. The van der Waals surface area contributed by atoms with Gasteiger partial charge >= 0.3 is 0 Å². The van der Waals surface area contributed by atoms with Gasteiger partial charge in [0.05, 0.1) is 0 Å². The molecule has 0 saturated heterocycles. The van der Waals surface area contributed by atoms with Crippen LogP contribution in [0.3, 0.4) is 0 Å². The number of rotatable bonds is 12. The molecule has 0 radical (unpaired) electrons. The van der Waals surface area contributed by atoms with E-state index in [4.69, 9.17) is 8.83 Å². The molecular formula is C46H44O2. The summed E-state index contributed by atoms with van der Waals surface area (Å²) in [4.78, 5) is 0. The highest BCUT2D eigenvalue weighted by Crippen LogP contribution is 2.42. The molecule has 0 saturated carbocycles. The third-order valence-electron chi connectivity index (χ3n) is 10.2. The average Bonchev–Trinajstić information content (AvgIpc) is 3.65. The van der Waals surface area contributed by atoms with Crippen molar-refractivity contribution < 1.29 is 8.83 Å². The number of hydrogen-bond donors (Lipinski definition) is 0. The van der Waals surface area contributed by atoms with Crippen molar-refractivity contribution in [2.45, 2.75) is 78.1 Å². The van der Waals surface area contributed by atoms with Crippen LogP contribution in [0.5, 0.6) is 0 Å². The Balaban J connectivity index is 1.23. The van der Waals surface area contributed by atoms with Crippen molar-refractivity contribution in [3.8, 4) is 22.3 Å². The normalized spacial score (nSPS) is 12.0. The van der Waals surface area contributed by atoms with Crippen LogP contribution in [0.15, 0.2) is 118 Å². The van der Waals surface area contributed by atoms with Gasteiger partial charge in [-0.1, -0.05) is 125 Å². The van der Waals surface area contributed by atoms with Crippen molar-refractivity contribution in [3.63, 3.8) is 0 Å². The summed E-state index contributed by atoms with van der Waals surface area (Å²) >= 11 is 0. The van der Waals surface area contributed by atoms with Gasteiger partial charge in [0.25, 0.3) is 0 Å². The number of aryl methyl sites for hydroxylation is 2. The second-order valence-corrected chi connectivity index (χ2v) is 13.7. The van der Waals surface area contributed by atoms with Crippen LogP contribution in [0.4, 0.5) is 0 Å². The summed E-state index contributed by atoms with van der Waals surface area (Å²) in [5.74, 6) is 0. The molecule has 6 aromatic carbocycles. The number of furan rings is 2.